The average molecular weight is 297 g/mol. The molecular weight excluding hydrogens is 286 g/mol. The van der Waals surface area contributed by atoms with Crippen LogP contribution in [0.15, 0.2) is 29.1 Å². The second-order valence-electron chi connectivity index (χ2n) is 4.91. The SMILES string of the molecule is O=c1cc(Cl)nc(C2CC2)n1Cc1cc(F)cc(F)c1. The van der Waals surface area contributed by atoms with Crippen LogP contribution in [-0.2, 0) is 6.54 Å². The lowest BCUT2D eigenvalue weighted by atomic mass is 10.2. The van der Waals surface area contributed by atoms with E-state index in [1.807, 2.05) is 0 Å². The molecule has 0 saturated heterocycles. The molecule has 0 N–H and O–H groups in total. The molecule has 0 amide bonds. The summed E-state index contributed by atoms with van der Waals surface area (Å²) < 4.78 is 27.8. The van der Waals surface area contributed by atoms with Crippen LogP contribution < -0.4 is 5.56 Å². The van der Waals surface area contributed by atoms with Crippen molar-refractivity contribution in [1.29, 1.82) is 0 Å². The van der Waals surface area contributed by atoms with Crippen LogP contribution in [0.1, 0.15) is 30.1 Å². The highest BCUT2D eigenvalue weighted by Crippen LogP contribution is 2.38. The Balaban J connectivity index is 2.03. The van der Waals surface area contributed by atoms with Crippen molar-refractivity contribution in [1.82, 2.24) is 9.55 Å². The second-order valence-corrected chi connectivity index (χ2v) is 5.30. The van der Waals surface area contributed by atoms with Gasteiger partial charge in [0, 0.05) is 18.1 Å². The van der Waals surface area contributed by atoms with E-state index in [0.717, 1.165) is 18.9 Å². The van der Waals surface area contributed by atoms with Crippen molar-refractivity contribution in [2.24, 2.45) is 0 Å². The molecule has 1 aliphatic rings. The molecule has 0 unspecified atom stereocenters. The third-order valence-corrected chi connectivity index (χ3v) is 3.41. The van der Waals surface area contributed by atoms with Gasteiger partial charge in [-0.3, -0.25) is 9.36 Å². The minimum Gasteiger partial charge on any atom is -0.292 e. The maximum Gasteiger partial charge on any atom is 0.255 e. The fraction of sp³-hybridized carbons (Fsp3) is 0.286. The van der Waals surface area contributed by atoms with Gasteiger partial charge in [0.05, 0.1) is 6.54 Å². The summed E-state index contributed by atoms with van der Waals surface area (Å²) in [5, 5.41) is 0.151. The minimum atomic E-state index is -0.664. The lowest BCUT2D eigenvalue weighted by Crippen LogP contribution is -2.24. The molecule has 0 bridgehead atoms. The number of halogens is 3. The van der Waals surface area contributed by atoms with E-state index >= 15 is 0 Å². The van der Waals surface area contributed by atoms with Gasteiger partial charge in [0.1, 0.15) is 22.6 Å². The molecule has 3 rings (SSSR count). The van der Waals surface area contributed by atoms with Gasteiger partial charge in [0.15, 0.2) is 0 Å². The number of aromatic nitrogens is 2. The van der Waals surface area contributed by atoms with Gasteiger partial charge in [0.25, 0.3) is 5.56 Å². The molecule has 1 aromatic heterocycles. The first kappa shape index (κ1) is 13.2. The van der Waals surface area contributed by atoms with Crippen LogP contribution in [0.2, 0.25) is 5.15 Å². The first-order valence-corrected chi connectivity index (χ1v) is 6.63. The van der Waals surface area contributed by atoms with Crippen molar-refractivity contribution in [2.75, 3.05) is 0 Å². The molecule has 3 nitrogen and oxygen atoms in total. The maximum atomic E-state index is 13.2. The number of hydrogen-bond acceptors (Lipinski definition) is 2. The predicted octanol–water partition coefficient (Wildman–Crippen LogP) is 3.10. The molecule has 1 aromatic carbocycles. The van der Waals surface area contributed by atoms with Crippen molar-refractivity contribution >= 4 is 11.6 Å². The van der Waals surface area contributed by atoms with Crippen LogP contribution >= 0.6 is 11.6 Å². The van der Waals surface area contributed by atoms with Crippen LogP contribution in [0, 0.1) is 11.6 Å². The van der Waals surface area contributed by atoms with Gasteiger partial charge in [-0.15, -0.1) is 0 Å². The summed E-state index contributed by atoms with van der Waals surface area (Å²) in [7, 11) is 0. The Kier molecular flexibility index (Phi) is 3.30. The van der Waals surface area contributed by atoms with Crippen LogP contribution in [0.25, 0.3) is 0 Å². The van der Waals surface area contributed by atoms with Gasteiger partial charge in [0.2, 0.25) is 0 Å². The van der Waals surface area contributed by atoms with Gasteiger partial charge >= 0.3 is 0 Å². The minimum absolute atomic E-state index is 0.0868. The Morgan fingerprint density at radius 2 is 1.85 bits per heavy atom. The first-order valence-electron chi connectivity index (χ1n) is 6.25. The molecule has 6 heteroatoms. The molecule has 1 saturated carbocycles. The van der Waals surface area contributed by atoms with Gasteiger partial charge in [-0.25, -0.2) is 13.8 Å². The lowest BCUT2D eigenvalue weighted by molar-refractivity contribution is 0.574. The largest absolute Gasteiger partial charge is 0.292 e. The Morgan fingerprint density at radius 3 is 2.45 bits per heavy atom. The van der Waals surface area contributed by atoms with Crippen molar-refractivity contribution < 1.29 is 8.78 Å². The molecule has 0 aliphatic heterocycles. The summed E-state index contributed by atoms with van der Waals surface area (Å²) in [5.74, 6) is -0.530. The Hall–Kier alpha value is -1.75. The Bertz CT molecular complexity index is 705. The molecule has 2 aromatic rings. The molecule has 0 atom stereocenters. The number of nitrogens with zero attached hydrogens (tertiary/aromatic N) is 2. The van der Waals surface area contributed by atoms with Gasteiger partial charge in [-0.05, 0) is 30.5 Å². The van der Waals surface area contributed by atoms with Crippen molar-refractivity contribution in [3.05, 3.63) is 62.8 Å². The van der Waals surface area contributed by atoms with Crippen LogP contribution in [0.3, 0.4) is 0 Å². The lowest BCUT2D eigenvalue weighted by Gasteiger charge is -2.12. The molecule has 104 valence electrons. The smallest absolute Gasteiger partial charge is 0.255 e. The third-order valence-electron chi connectivity index (χ3n) is 3.21. The summed E-state index contributed by atoms with van der Waals surface area (Å²) in [5.41, 5.74) is 0.0761. The molecule has 1 heterocycles. The Labute approximate surface area is 118 Å². The molecular formula is C14H11ClF2N2O. The van der Waals surface area contributed by atoms with E-state index in [1.54, 1.807) is 0 Å². The topological polar surface area (TPSA) is 34.9 Å². The van der Waals surface area contributed by atoms with E-state index in [1.165, 1.54) is 22.8 Å². The molecule has 0 radical (unpaired) electrons. The highest BCUT2D eigenvalue weighted by Gasteiger charge is 2.29. The van der Waals surface area contributed by atoms with Crippen LogP contribution in [-0.4, -0.2) is 9.55 Å². The van der Waals surface area contributed by atoms with Crippen molar-refractivity contribution in [3.8, 4) is 0 Å². The van der Waals surface area contributed by atoms with E-state index in [-0.39, 0.29) is 23.2 Å². The summed E-state index contributed by atoms with van der Waals surface area (Å²) >= 11 is 5.80. The normalized spacial score (nSPS) is 14.6. The van der Waals surface area contributed by atoms with Gasteiger partial charge in [-0.2, -0.15) is 0 Å². The summed E-state index contributed by atoms with van der Waals surface area (Å²) in [6, 6.07) is 4.43. The van der Waals surface area contributed by atoms with Crippen molar-refractivity contribution in [2.45, 2.75) is 25.3 Å². The molecule has 0 spiro atoms. The van der Waals surface area contributed by atoms with Crippen LogP contribution in [0.4, 0.5) is 8.78 Å². The highest BCUT2D eigenvalue weighted by atomic mass is 35.5. The predicted molar refractivity (Wildman–Crippen MR) is 70.9 cm³/mol. The quantitative estimate of drug-likeness (QED) is 0.816. The monoisotopic (exact) mass is 296 g/mol. The summed E-state index contributed by atoms with van der Waals surface area (Å²) in [6.07, 6.45) is 1.90. The molecule has 20 heavy (non-hydrogen) atoms. The van der Waals surface area contributed by atoms with E-state index in [9.17, 15) is 13.6 Å². The van der Waals surface area contributed by atoms with E-state index in [4.69, 9.17) is 11.6 Å². The highest BCUT2D eigenvalue weighted by molar-refractivity contribution is 6.29. The third kappa shape index (κ3) is 2.72. The zero-order valence-electron chi connectivity index (χ0n) is 10.4. The standard InChI is InChI=1S/C14H11ClF2N2O/c15-12-6-13(20)19(14(18-12)9-1-2-9)7-8-3-10(16)5-11(17)4-8/h3-6,9H,1-2,7H2. The van der Waals surface area contributed by atoms with Gasteiger partial charge in [-0.1, -0.05) is 11.6 Å². The fourth-order valence-electron chi connectivity index (χ4n) is 2.19. The second kappa shape index (κ2) is 4.98. The first-order chi connectivity index (χ1) is 9.52. The van der Waals surface area contributed by atoms with Crippen LogP contribution in [0.5, 0.6) is 0 Å². The molecule has 1 fully saturated rings. The Morgan fingerprint density at radius 1 is 1.20 bits per heavy atom. The number of benzene rings is 1. The number of rotatable bonds is 3. The molecule has 1 aliphatic carbocycles. The van der Waals surface area contributed by atoms with E-state index in [0.29, 0.717) is 11.4 Å². The zero-order valence-corrected chi connectivity index (χ0v) is 11.2. The van der Waals surface area contributed by atoms with Gasteiger partial charge < -0.3 is 0 Å². The van der Waals surface area contributed by atoms with E-state index < -0.39 is 11.6 Å². The average Bonchev–Trinajstić information content (AvgIpc) is 3.15. The maximum absolute atomic E-state index is 13.2. The summed E-state index contributed by atoms with van der Waals surface area (Å²) in [6.45, 7) is 0.0868. The summed E-state index contributed by atoms with van der Waals surface area (Å²) in [4.78, 5) is 16.2. The van der Waals surface area contributed by atoms with Crippen molar-refractivity contribution in [3.63, 3.8) is 0 Å². The zero-order chi connectivity index (χ0) is 14.3. The fourth-order valence-corrected chi connectivity index (χ4v) is 2.37. The van der Waals surface area contributed by atoms with E-state index in [2.05, 4.69) is 4.98 Å². The number of hydrogen-bond donors (Lipinski definition) is 0.